The van der Waals surface area contributed by atoms with Gasteiger partial charge in [0.25, 0.3) is 0 Å². The second kappa shape index (κ2) is 5.14. The van der Waals surface area contributed by atoms with E-state index in [1.165, 1.54) is 0 Å². The average molecular weight is 248 g/mol. The number of hydrogen-bond donors (Lipinski definition) is 2. The van der Waals surface area contributed by atoms with Crippen molar-refractivity contribution in [1.29, 1.82) is 0 Å². The quantitative estimate of drug-likeness (QED) is 0.699. The maximum absolute atomic E-state index is 11.8. The molecule has 1 atom stereocenters. The molecule has 1 amide bonds. The second-order valence-corrected chi connectivity index (χ2v) is 6.83. The van der Waals surface area contributed by atoms with Crippen LogP contribution in [0, 0.1) is 0 Å². The molecule has 0 aromatic carbocycles. The zero-order valence-corrected chi connectivity index (χ0v) is 10.7. The summed E-state index contributed by atoms with van der Waals surface area (Å²) in [6.45, 7) is 4.50. The van der Waals surface area contributed by atoms with Crippen LogP contribution in [0.15, 0.2) is 0 Å². The van der Waals surface area contributed by atoms with Gasteiger partial charge in [0.2, 0.25) is 5.91 Å². The highest BCUT2D eigenvalue weighted by atomic mass is 32.2. The third kappa shape index (κ3) is 3.45. The molecule has 1 aliphatic rings. The Bertz CT molecular complexity index is 345. The molecule has 1 saturated heterocycles. The summed E-state index contributed by atoms with van der Waals surface area (Å²) in [5, 5.41) is 5.81. The molecule has 0 bridgehead atoms. The third-order valence-corrected chi connectivity index (χ3v) is 4.71. The largest absolute Gasteiger partial charge is 0.353 e. The maximum Gasteiger partial charge on any atom is 0.240 e. The van der Waals surface area contributed by atoms with Crippen LogP contribution in [0.4, 0.5) is 0 Å². The van der Waals surface area contributed by atoms with E-state index in [1.54, 1.807) is 6.92 Å². The van der Waals surface area contributed by atoms with E-state index in [4.69, 9.17) is 0 Å². The van der Waals surface area contributed by atoms with E-state index in [2.05, 4.69) is 10.6 Å². The number of nitrogens with one attached hydrogen (secondary N) is 2. The first-order valence-electron chi connectivity index (χ1n) is 5.63. The highest BCUT2D eigenvalue weighted by Crippen LogP contribution is 2.18. The van der Waals surface area contributed by atoms with Crippen LogP contribution in [-0.2, 0) is 14.6 Å². The Morgan fingerprint density at radius 1 is 1.50 bits per heavy atom. The summed E-state index contributed by atoms with van der Waals surface area (Å²) < 4.78 is 22.4. The molecule has 1 unspecified atom stereocenters. The summed E-state index contributed by atoms with van der Waals surface area (Å²) in [4.78, 5) is 11.8. The lowest BCUT2D eigenvalue weighted by Crippen LogP contribution is -2.51. The molecule has 1 fully saturated rings. The first-order valence-corrected chi connectivity index (χ1v) is 7.45. The number of rotatable bonds is 5. The lowest BCUT2D eigenvalue weighted by molar-refractivity contribution is -0.126. The summed E-state index contributed by atoms with van der Waals surface area (Å²) in [5.41, 5.74) is -0.518. The van der Waals surface area contributed by atoms with Crippen molar-refractivity contribution in [3.63, 3.8) is 0 Å². The summed E-state index contributed by atoms with van der Waals surface area (Å²) in [7, 11) is -2.99. The van der Waals surface area contributed by atoms with Crippen molar-refractivity contribution in [2.75, 3.05) is 24.6 Å². The second-order valence-electron chi connectivity index (χ2n) is 4.35. The van der Waals surface area contributed by atoms with E-state index in [1.807, 2.05) is 6.92 Å². The molecule has 0 radical (unpaired) electrons. The number of carbonyl (C=O) groups excluding carboxylic acids is 1. The minimum Gasteiger partial charge on any atom is -0.353 e. The normalized spacial score (nSPS) is 25.6. The molecule has 16 heavy (non-hydrogen) atoms. The first kappa shape index (κ1) is 13.4. The SMILES string of the molecule is CCS(=O)(=O)CCNC(=O)C1(C)CCCN1. The number of carbonyl (C=O) groups is 1. The Morgan fingerprint density at radius 2 is 2.19 bits per heavy atom. The fourth-order valence-electron chi connectivity index (χ4n) is 1.75. The molecular weight excluding hydrogens is 228 g/mol. The molecule has 0 aromatic heterocycles. The van der Waals surface area contributed by atoms with E-state index in [0.29, 0.717) is 0 Å². The summed E-state index contributed by atoms with van der Waals surface area (Å²) in [6, 6.07) is 0. The van der Waals surface area contributed by atoms with E-state index in [-0.39, 0.29) is 24.0 Å². The van der Waals surface area contributed by atoms with Crippen molar-refractivity contribution in [2.24, 2.45) is 0 Å². The van der Waals surface area contributed by atoms with E-state index in [9.17, 15) is 13.2 Å². The molecule has 5 nitrogen and oxygen atoms in total. The van der Waals surface area contributed by atoms with Crippen LogP contribution < -0.4 is 10.6 Å². The van der Waals surface area contributed by atoms with Gasteiger partial charge in [0, 0.05) is 12.3 Å². The van der Waals surface area contributed by atoms with E-state index < -0.39 is 15.4 Å². The predicted molar refractivity (Wildman–Crippen MR) is 63.0 cm³/mol. The van der Waals surface area contributed by atoms with Gasteiger partial charge in [0.1, 0.15) is 0 Å². The Kier molecular flexibility index (Phi) is 4.32. The predicted octanol–water partition coefficient (Wildman–Crippen LogP) is -0.321. The van der Waals surface area contributed by atoms with Crippen molar-refractivity contribution in [1.82, 2.24) is 10.6 Å². The standard InChI is InChI=1S/C10H20N2O3S/c1-3-16(14,15)8-7-11-9(13)10(2)5-4-6-12-10/h12H,3-8H2,1-2H3,(H,11,13). The lowest BCUT2D eigenvalue weighted by Gasteiger charge is -2.22. The van der Waals surface area contributed by atoms with Gasteiger partial charge in [0.05, 0.1) is 11.3 Å². The fourth-order valence-corrected chi connectivity index (χ4v) is 2.45. The summed E-state index contributed by atoms with van der Waals surface area (Å²) >= 11 is 0. The number of hydrogen-bond acceptors (Lipinski definition) is 4. The minimum absolute atomic E-state index is 0.0192. The van der Waals surface area contributed by atoms with Gasteiger partial charge in [-0.2, -0.15) is 0 Å². The number of sulfone groups is 1. The molecule has 1 heterocycles. The van der Waals surface area contributed by atoms with Gasteiger partial charge in [-0.05, 0) is 26.3 Å². The van der Waals surface area contributed by atoms with Crippen molar-refractivity contribution >= 4 is 15.7 Å². The molecule has 6 heteroatoms. The summed E-state index contributed by atoms with van der Waals surface area (Å²) in [5.74, 6) is 0.0419. The third-order valence-electron chi connectivity index (χ3n) is 3.01. The van der Waals surface area contributed by atoms with Crippen LogP contribution in [0.1, 0.15) is 26.7 Å². The van der Waals surface area contributed by atoms with E-state index >= 15 is 0 Å². The minimum atomic E-state index is -2.99. The Hall–Kier alpha value is -0.620. The Labute approximate surface area is 96.9 Å². The zero-order chi connectivity index (χ0) is 12.2. The topological polar surface area (TPSA) is 75.3 Å². The van der Waals surface area contributed by atoms with Crippen LogP contribution in [0.25, 0.3) is 0 Å². The summed E-state index contributed by atoms with van der Waals surface area (Å²) in [6.07, 6.45) is 1.79. The van der Waals surface area contributed by atoms with Gasteiger partial charge < -0.3 is 10.6 Å². The highest BCUT2D eigenvalue weighted by Gasteiger charge is 2.35. The van der Waals surface area contributed by atoms with Crippen LogP contribution in [-0.4, -0.2) is 44.5 Å². The fraction of sp³-hybridized carbons (Fsp3) is 0.900. The zero-order valence-electron chi connectivity index (χ0n) is 9.88. The van der Waals surface area contributed by atoms with Crippen molar-refractivity contribution in [3.05, 3.63) is 0 Å². The maximum atomic E-state index is 11.8. The molecule has 0 aromatic rings. The monoisotopic (exact) mass is 248 g/mol. The molecule has 0 aliphatic carbocycles. The van der Waals surface area contributed by atoms with Crippen LogP contribution in [0.2, 0.25) is 0 Å². The van der Waals surface area contributed by atoms with Gasteiger partial charge in [0.15, 0.2) is 9.84 Å². The highest BCUT2D eigenvalue weighted by molar-refractivity contribution is 7.91. The molecule has 1 rings (SSSR count). The van der Waals surface area contributed by atoms with Crippen LogP contribution in [0.3, 0.4) is 0 Å². The molecular formula is C10H20N2O3S. The van der Waals surface area contributed by atoms with Crippen molar-refractivity contribution in [3.8, 4) is 0 Å². The lowest BCUT2D eigenvalue weighted by atomic mass is 9.99. The van der Waals surface area contributed by atoms with Crippen molar-refractivity contribution in [2.45, 2.75) is 32.2 Å². The number of amides is 1. The van der Waals surface area contributed by atoms with Gasteiger partial charge in [-0.3, -0.25) is 4.79 Å². The van der Waals surface area contributed by atoms with E-state index in [0.717, 1.165) is 19.4 Å². The van der Waals surface area contributed by atoms with Gasteiger partial charge in [-0.15, -0.1) is 0 Å². The molecule has 2 N–H and O–H groups in total. The molecule has 0 saturated carbocycles. The average Bonchev–Trinajstić information content (AvgIpc) is 2.66. The van der Waals surface area contributed by atoms with Crippen molar-refractivity contribution < 1.29 is 13.2 Å². The van der Waals surface area contributed by atoms with Gasteiger partial charge in [-0.1, -0.05) is 6.92 Å². The first-order chi connectivity index (χ1) is 7.40. The Balaban J connectivity index is 2.36. The van der Waals surface area contributed by atoms with Crippen LogP contribution in [0.5, 0.6) is 0 Å². The van der Waals surface area contributed by atoms with Crippen LogP contribution >= 0.6 is 0 Å². The van der Waals surface area contributed by atoms with Gasteiger partial charge in [-0.25, -0.2) is 8.42 Å². The molecule has 0 spiro atoms. The molecule has 94 valence electrons. The van der Waals surface area contributed by atoms with Gasteiger partial charge >= 0.3 is 0 Å². The smallest absolute Gasteiger partial charge is 0.240 e. The molecule has 1 aliphatic heterocycles. The Morgan fingerprint density at radius 3 is 2.69 bits per heavy atom.